The van der Waals surface area contributed by atoms with Crippen LogP contribution in [-0.4, -0.2) is 17.5 Å². The molecule has 0 aliphatic heterocycles. The van der Waals surface area contributed by atoms with Crippen molar-refractivity contribution in [2.75, 3.05) is 6.54 Å². The zero-order valence-corrected chi connectivity index (χ0v) is 13.7. The van der Waals surface area contributed by atoms with E-state index in [1.54, 1.807) is 0 Å². The van der Waals surface area contributed by atoms with Crippen LogP contribution in [0, 0.1) is 13.8 Å². The molecule has 2 rings (SSSR count). The molecule has 0 radical (unpaired) electrons. The van der Waals surface area contributed by atoms with Crippen molar-refractivity contribution in [2.24, 2.45) is 4.99 Å². The summed E-state index contributed by atoms with van der Waals surface area (Å²) in [6.45, 7) is 9.23. The maximum absolute atomic E-state index is 5.56. The first-order valence-electron chi connectivity index (χ1n) is 7.62. The van der Waals surface area contributed by atoms with Crippen LogP contribution in [0.2, 0.25) is 0 Å². The lowest BCUT2D eigenvalue weighted by atomic mass is 10.1. The van der Waals surface area contributed by atoms with Crippen LogP contribution in [0.3, 0.4) is 0 Å². The molecule has 1 unspecified atom stereocenters. The number of rotatable bonds is 5. The van der Waals surface area contributed by atoms with Crippen LogP contribution in [0.15, 0.2) is 39.7 Å². The lowest BCUT2D eigenvalue weighted by Gasteiger charge is -2.17. The molecule has 0 bridgehead atoms. The number of oxazole rings is 1. The first-order chi connectivity index (χ1) is 10.6. The predicted octanol–water partition coefficient (Wildman–Crippen LogP) is 3.11. The Hall–Kier alpha value is -2.30. The van der Waals surface area contributed by atoms with Gasteiger partial charge in [0.05, 0.1) is 11.7 Å². The van der Waals surface area contributed by atoms with E-state index in [-0.39, 0.29) is 6.04 Å². The summed E-state index contributed by atoms with van der Waals surface area (Å²) < 4.78 is 5.56. The Balaban J connectivity index is 2.03. The summed E-state index contributed by atoms with van der Waals surface area (Å²) in [5, 5.41) is 6.64. The Bertz CT molecular complexity index is 599. The quantitative estimate of drug-likeness (QED) is 0.658. The highest BCUT2D eigenvalue weighted by molar-refractivity contribution is 5.80. The van der Waals surface area contributed by atoms with Crippen molar-refractivity contribution in [3.8, 4) is 0 Å². The first-order valence-corrected chi connectivity index (χ1v) is 7.62. The van der Waals surface area contributed by atoms with Gasteiger partial charge in [-0.05, 0) is 33.3 Å². The molecule has 0 fully saturated rings. The monoisotopic (exact) mass is 300 g/mol. The van der Waals surface area contributed by atoms with Crippen LogP contribution in [0.4, 0.5) is 0 Å². The number of aromatic nitrogens is 1. The van der Waals surface area contributed by atoms with Gasteiger partial charge < -0.3 is 15.1 Å². The maximum atomic E-state index is 5.56. The zero-order chi connectivity index (χ0) is 15.9. The predicted molar refractivity (Wildman–Crippen MR) is 88.8 cm³/mol. The number of nitrogens with one attached hydrogen (secondary N) is 2. The second-order valence-corrected chi connectivity index (χ2v) is 5.22. The maximum Gasteiger partial charge on any atom is 0.216 e. The Morgan fingerprint density at radius 1 is 1.27 bits per heavy atom. The summed E-state index contributed by atoms with van der Waals surface area (Å²) in [4.78, 5) is 8.89. The smallest absolute Gasteiger partial charge is 0.216 e. The van der Waals surface area contributed by atoms with E-state index in [0.717, 1.165) is 24.0 Å². The SMILES string of the molecule is CCNC(=NCc1nc(C)c(C)o1)NC(C)c1ccccc1. The third-order valence-electron chi connectivity index (χ3n) is 3.44. The van der Waals surface area contributed by atoms with Gasteiger partial charge in [0.2, 0.25) is 5.89 Å². The molecule has 1 heterocycles. The van der Waals surface area contributed by atoms with Crippen LogP contribution in [0.25, 0.3) is 0 Å². The molecule has 0 aliphatic carbocycles. The molecular weight excluding hydrogens is 276 g/mol. The van der Waals surface area contributed by atoms with Crippen molar-refractivity contribution < 1.29 is 4.42 Å². The van der Waals surface area contributed by atoms with E-state index in [0.29, 0.717) is 12.4 Å². The number of guanidine groups is 1. The topological polar surface area (TPSA) is 62.5 Å². The van der Waals surface area contributed by atoms with E-state index >= 15 is 0 Å². The minimum Gasteiger partial charge on any atom is -0.444 e. The van der Waals surface area contributed by atoms with Gasteiger partial charge in [-0.3, -0.25) is 0 Å². The van der Waals surface area contributed by atoms with Gasteiger partial charge in [-0.15, -0.1) is 0 Å². The molecule has 5 nitrogen and oxygen atoms in total. The molecule has 0 amide bonds. The molecule has 0 saturated carbocycles. The van der Waals surface area contributed by atoms with Gasteiger partial charge in [0.1, 0.15) is 12.3 Å². The van der Waals surface area contributed by atoms with Gasteiger partial charge in [-0.2, -0.15) is 0 Å². The van der Waals surface area contributed by atoms with Crippen molar-refractivity contribution in [1.29, 1.82) is 0 Å². The minimum atomic E-state index is 0.173. The van der Waals surface area contributed by atoms with Gasteiger partial charge in [0, 0.05) is 6.54 Å². The molecule has 5 heteroatoms. The molecule has 118 valence electrons. The van der Waals surface area contributed by atoms with E-state index in [9.17, 15) is 0 Å². The fourth-order valence-corrected chi connectivity index (χ4v) is 2.10. The molecule has 1 aromatic carbocycles. The lowest BCUT2D eigenvalue weighted by Crippen LogP contribution is -2.38. The summed E-state index contributed by atoms with van der Waals surface area (Å²) in [7, 11) is 0. The number of nitrogens with zero attached hydrogens (tertiary/aromatic N) is 2. The Morgan fingerprint density at radius 3 is 2.59 bits per heavy atom. The summed E-state index contributed by atoms with van der Waals surface area (Å²) in [6.07, 6.45) is 0. The third-order valence-corrected chi connectivity index (χ3v) is 3.44. The molecule has 0 aliphatic rings. The van der Waals surface area contributed by atoms with Crippen LogP contribution < -0.4 is 10.6 Å². The number of aryl methyl sites for hydroxylation is 2. The summed E-state index contributed by atoms with van der Waals surface area (Å²) in [6, 6.07) is 10.5. The van der Waals surface area contributed by atoms with Crippen molar-refractivity contribution in [2.45, 2.75) is 40.3 Å². The Morgan fingerprint density at radius 2 is 2.00 bits per heavy atom. The number of benzene rings is 1. The average Bonchev–Trinajstić information content (AvgIpc) is 2.84. The number of hydrogen-bond donors (Lipinski definition) is 2. The van der Waals surface area contributed by atoms with Crippen LogP contribution >= 0.6 is 0 Å². The minimum absolute atomic E-state index is 0.173. The standard InChI is InChI=1S/C17H24N4O/c1-5-18-17(19-11-16-20-12(2)14(4)22-16)21-13(3)15-9-7-6-8-10-15/h6-10,13H,5,11H2,1-4H3,(H2,18,19,21). The third kappa shape index (κ3) is 4.35. The molecule has 0 spiro atoms. The highest BCUT2D eigenvalue weighted by Crippen LogP contribution is 2.11. The Labute approximate surface area is 131 Å². The van der Waals surface area contributed by atoms with Crippen molar-refractivity contribution in [3.63, 3.8) is 0 Å². The molecule has 1 atom stereocenters. The lowest BCUT2D eigenvalue weighted by molar-refractivity contribution is 0.472. The number of hydrogen-bond acceptors (Lipinski definition) is 3. The molecule has 22 heavy (non-hydrogen) atoms. The normalized spacial score (nSPS) is 13.0. The van der Waals surface area contributed by atoms with Gasteiger partial charge in [-0.1, -0.05) is 30.3 Å². The average molecular weight is 300 g/mol. The van der Waals surface area contributed by atoms with Crippen molar-refractivity contribution in [3.05, 3.63) is 53.2 Å². The Kier molecular flexibility index (Phi) is 5.58. The van der Waals surface area contributed by atoms with Crippen LogP contribution in [0.1, 0.15) is 42.8 Å². The largest absolute Gasteiger partial charge is 0.444 e. The molecule has 2 N–H and O–H groups in total. The summed E-state index contributed by atoms with van der Waals surface area (Å²) >= 11 is 0. The second-order valence-electron chi connectivity index (χ2n) is 5.22. The van der Waals surface area contributed by atoms with Crippen LogP contribution in [-0.2, 0) is 6.54 Å². The highest BCUT2D eigenvalue weighted by atomic mass is 16.4. The molecule has 1 aromatic heterocycles. The second kappa shape index (κ2) is 7.64. The van der Waals surface area contributed by atoms with Gasteiger partial charge in [-0.25, -0.2) is 9.98 Å². The molecule has 0 saturated heterocycles. The molecular formula is C17H24N4O. The fraction of sp³-hybridized carbons (Fsp3) is 0.412. The number of aliphatic imine (C=N–C) groups is 1. The summed E-state index contributed by atoms with van der Waals surface area (Å²) in [5.74, 6) is 2.24. The highest BCUT2D eigenvalue weighted by Gasteiger charge is 2.08. The van der Waals surface area contributed by atoms with E-state index in [1.807, 2.05) is 39.0 Å². The zero-order valence-electron chi connectivity index (χ0n) is 13.7. The fourth-order valence-electron chi connectivity index (χ4n) is 2.10. The van der Waals surface area contributed by atoms with Gasteiger partial charge >= 0.3 is 0 Å². The van der Waals surface area contributed by atoms with E-state index in [4.69, 9.17) is 4.42 Å². The van der Waals surface area contributed by atoms with Crippen molar-refractivity contribution in [1.82, 2.24) is 15.6 Å². The van der Waals surface area contributed by atoms with Gasteiger partial charge in [0.25, 0.3) is 0 Å². The molecule has 2 aromatic rings. The van der Waals surface area contributed by atoms with E-state index in [1.165, 1.54) is 5.56 Å². The summed E-state index contributed by atoms with van der Waals surface area (Å²) in [5.41, 5.74) is 2.14. The van der Waals surface area contributed by atoms with E-state index in [2.05, 4.69) is 39.7 Å². The first kappa shape index (κ1) is 16.1. The van der Waals surface area contributed by atoms with Crippen LogP contribution in [0.5, 0.6) is 0 Å². The van der Waals surface area contributed by atoms with E-state index < -0.39 is 0 Å². The van der Waals surface area contributed by atoms with Gasteiger partial charge in [0.15, 0.2) is 5.96 Å². The van der Waals surface area contributed by atoms with Crippen molar-refractivity contribution >= 4 is 5.96 Å².